The van der Waals surface area contributed by atoms with Crippen molar-refractivity contribution in [2.45, 2.75) is 19.3 Å². The van der Waals surface area contributed by atoms with Crippen LogP contribution in [0.3, 0.4) is 0 Å². The Morgan fingerprint density at radius 2 is 1.27 bits per heavy atom. The summed E-state index contributed by atoms with van der Waals surface area (Å²) in [6, 6.07) is 3.39. The molecule has 0 aliphatic carbocycles. The minimum Gasteiger partial charge on any atom is -0.339 e. The molecule has 0 saturated carbocycles. The number of aromatic nitrogens is 4. The highest BCUT2D eigenvalue weighted by Crippen LogP contribution is 2.41. The van der Waals surface area contributed by atoms with Crippen LogP contribution in [0.4, 0.5) is 0 Å². The monoisotopic (exact) mass is 352 g/mol. The second-order valence-electron chi connectivity index (χ2n) is 7.03. The van der Waals surface area contributed by atoms with Crippen LogP contribution in [0.15, 0.2) is 36.9 Å². The normalized spacial score (nSPS) is 18.9. The number of hydrogen-bond acceptors (Lipinski definition) is 6. The largest absolute Gasteiger partial charge is 0.339 e. The van der Waals surface area contributed by atoms with Gasteiger partial charge in [0.25, 0.3) is 11.8 Å². The van der Waals surface area contributed by atoms with Gasteiger partial charge in [-0.25, -0.2) is 0 Å². The van der Waals surface area contributed by atoms with Crippen LogP contribution in [0.2, 0.25) is 0 Å². The van der Waals surface area contributed by atoms with Gasteiger partial charge in [-0.3, -0.25) is 9.59 Å². The summed E-state index contributed by atoms with van der Waals surface area (Å²) < 4.78 is 0. The number of amides is 2. The Labute approximate surface area is 151 Å². The number of hydrogen-bond donors (Lipinski definition) is 0. The maximum Gasteiger partial charge on any atom is 0.255 e. The topological polar surface area (TPSA) is 92.2 Å². The third-order valence-electron chi connectivity index (χ3n) is 5.50. The summed E-state index contributed by atoms with van der Waals surface area (Å²) in [5.41, 5.74) is 1.27. The zero-order chi connectivity index (χ0) is 18.0. The fraction of sp³-hybridized carbons (Fsp3) is 0.444. The number of nitrogens with zero attached hydrogens (tertiary/aromatic N) is 6. The van der Waals surface area contributed by atoms with Gasteiger partial charge in [0, 0.05) is 26.2 Å². The van der Waals surface area contributed by atoms with Gasteiger partial charge in [-0.2, -0.15) is 20.4 Å². The molecule has 26 heavy (non-hydrogen) atoms. The van der Waals surface area contributed by atoms with E-state index >= 15 is 0 Å². The molecule has 134 valence electrons. The molecular weight excluding hydrogens is 332 g/mol. The molecule has 2 aromatic heterocycles. The van der Waals surface area contributed by atoms with Crippen molar-refractivity contribution < 1.29 is 9.59 Å². The first-order chi connectivity index (χ1) is 12.7. The molecule has 0 atom stereocenters. The van der Waals surface area contributed by atoms with Crippen LogP contribution in [0, 0.1) is 5.41 Å². The van der Waals surface area contributed by atoms with Crippen LogP contribution in [0.25, 0.3) is 0 Å². The van der Waals surface area contributed by atoms with E-state index in [9.17, 15) is 9.59 Å². The summed E-state index contributed by atoms with van der Waals surface area (Å²) >= 11 is 0. The third kappa shape index (κ3) is 3.14. The lowest BCUT2D eigenvalue weighted by Gasteiger charge is -2.39. The average molecular weight is 352 g/mol. The maximum atomic E-state index is 12.6. The Kier molecular flexibility index (Phi) is 4.32. The molecule has 4 rings (SSSR count). The molecule has 2 amide bonds. The van der Waals surface area contributed by atoms with Crippen molar-refractivity contribution >= 4 is 11.8 Å². The molecule has 2 aromatic rings. The summed E-state index contributed by atoms with van der Waals surface area (Å²) in [5, 5.41) is 15.0. The van der Waals surface area contributed by atoms with E-state index in [1.165, 1.54) is 24.8 Å². The minimum atomic E-state index is 0.00328. The van der Waals surface area contributed by atoms with Gasteiger partial charge in [0.15, 0.2) is 0 Å². The van der Waals surface area contributed by atoms with Gasteiger partial charge >= 0.3 is 0 Å². The molecule has 1 spiro atoms. The summed E-state index contributed by atoms with van der Waals surface area (Å²) in [6.07, 6.45) is 8.90. The van der Waals surface area contributed by atoms with Crippen molar-refractivity contribution in [1.82, 2.24) is 30.2 Å². The highest BCUT2D eigenvalue weighted by Gasteiger charge is 2.43. The molecule has 0 bridgehead atoms. The number of carbonyl (C=O) groups excluding carboxylic acids is 2. The third-order valence-corrected chi connectivity index (χ3v) is 5.50. The molecule has 0 unspecified atom stereocenters. The first-order valence-corrected chi connectivity index (χ1v) is 8.79. The van der Waals surface area contributed by atoms with Gasteiger partial charge in [-0.15, -0.1) is 0 Å². The highest BCUT2D eigenvalue weighted by atomic mass is 16.2. The van der Waals surface area contributed by atoms with Crippen molar-refractivity contribution in [3.63, 3.8) is 0 Å². The first-order valence-electron chi connectivity index (χ1n) is 8.79. The van der Waals surface area contributed by atoms with Crippen molar-refractivity contribution in [3.8, 4) is 0 Å². The maximum absolute atomic E-state index is 12.6. The predicted octanol–water partition coefficient (Wildman–Crippen LogP) is 1.04. The predicted molar refractivity (Wildman–Crippen MR) is 92.2 cm³/mol. The van der Waals surface area contributed by atoms with Gasteiger partial charge in [0.1, 0.15) is 0 Å². The zero-order valence-corrected chi connectivity index (χ0v) is 14.4. The molecule has 4 heterocycles. The van der Waals surface area contributed by atoms with Crippen molar-refractivity contribution in [1.29, 1.82) is 0 Å². The molecule has 8 heteroatoms. The van der Waals surface area contributed by atoms with Crippen LogP contribution in [-0.4, -0.2) is 68.2 Å². The quantitative estimate of drug-likeness (QED) is 0.802. The van der Waals surface area contributed by atoms with E-state index in [1.807, 2.05) is 9.80 Å². The molecule has 2 fully saturated rings. The van der Waals surface area contributed by atoms with Crippen LogP contribution in [-0.2, 0) is 0 Å². The van der Waals surface area contributed by atoms with E-state index < -0.39 is 0 Å². The number of likely N-dealkylation sites (tertiary alicyclic amines) is 2. The summed E-state index contributed by atoms with van der Waals surface area (Å²) in [4.78, 5) is 28.9. The van der Waals surface area contributed by atoms with Gasteiger partial charge in [0.05, 0.1) is 35.9 Å². The van der Waals surface area contributed by atoms with E-state index in [-0.39, 0.29) is 17.2 Å². The Morgan fingerprint density at radius 3 is 1.77 bits per heavy atom. The lowest BCUT2D eigenvalue weighted by atomic mass is 9.77. The molecular formula is C18H20N6O2. The van der Waals surface area contributed by atoms with E-state index in [4.69, 9.17) is 0 Å². The molecule has 2 aliphatic heterocycles. The van der Waals surface area contributed by atoms with Gasteiger partial charge in [-0.1, -0.05) is 0 Å². The van der Waals surface area contributed by atoms with E-state index in [2.05, 4.69) is 20.4 Å². The number of rotatable bonds is 2. The van der Waals surface area contributed by atoms with Crippen LogP contribution in [0.1, 0.15) is 40.0 Å². The van der Waals surface area contributed by atoms with E-state index in [0.29, 0.717) is 24.2 Å². The lowest BCUT2D eigenvalue weighted by Crippen LogP contribution is -2.44. The fourth-order valence-electron chi connectivity index (χ4n) is 3.90. The highest BCUT2D eigenvalue weighted by molar-refractivity contribution is 5.94. The van der Waals surface area contributed by atoms with E-state index in [1.54, 1.807) is 12.1 Å². The summed E-state index contributed by atoms with van der Waals surface area (Å²) in [5.74, 6) is 0.0154. The van der Waals surface area contributed by atoms with Crippen LogP contribution >= 0.6 is 0 Å². The smallest absolute Gasteiger partial charge is 0.255 e. The van der Waals surface area contributed by atoms with Crippen molar-refractivity contribution in [2.75, 3.05) is 26.2 Å². The number of piperidine rings is 1. The van der Waals surface area contributed by atoms with E-state index in [0.717, 1.165) is 32.4 Å². The molecule has 0 aromatic carbocycles. The van der Waals surface area contributed by atoms with Gasteiger partial charge in [0.2, 0.25) is 0 Å². The standard InChI is InChI=1S/C18H20N6O2/c25-16(14-1-6-19-21-11-14)23-8-3-18(4-9-23)5-10-24(13-18)17(26)15-2-7-20-22-12-15/h1-2,6-7,11-12H,3-5,8-10,13H2. The second kappa shape index (κ2) is 6.78. The van der Waals surface area contributed by atoms with Crippen molar-refractivity contribution in [3.05, 3.63) is 48.0 Å². The molecule has 8 nitrogen and oxygen atoms in total. The fourth-order valence-corrected chi connectivity index (χ4v) is 3.90. The Bertz CT molecular complexity index is 790. The Morgan fingerprint density at radius 1 is 0.769 bits per heavy atom. The summed E-state index contributed by atoms with van der Waals surface area (Å²) in [7, 11) is 0. The first kappa shape index (κ1) is 16.6. The summed E-state index contributed by atoms with van der Waals surface area (Å²) in [6.45, 7) is 2.91. The zero-order valence-electron chi connectivity index (χ0n) is 14.4. The molecule has 0 N–H and O–H groups in total. The number of carbonyl (C=O) groups is 2. The van der Waals surface area contributed by atoms with Crippen molar-refractivity contribution in [2.24, 2.45) is 5.41 Å². The van der Waals surface area contributed by atoms with Gasteiger partial charge in [-0.05, 0) is 36.8 Å². The average Bonchev–Trinajstić information content (AvgIpc) is 3.12. The lowest BCUT2D eigenvalue weighted by molar-refractivity contribution is 0.0565. The Hall–Kier alpha value is -2.90. The van der Waals surface area contributed by atoms with Gasteiger partial charge < -0.3 is 9.80 Å². The van der Waals surface area contributed by atoms with Crippen LogP contribution < -0.4 is 0 Å². The minimum absolute atomic E-state index is 0.00328. The van der Waals surface area contributed by atoms with Crippen LogP contribution in [0.5, 0.6) is 0 Å². The Balaban J connectivity index is 1.37. The molecule has 2 aliphatic rings. The SMILES string of the molecule is O=C(c1ccnnc1)N1CCC2(CC1)CCN(C(=O)c1ccnnc1)C2. The molecule has 0 radical (unpaired) electrons. The molecule has 2 saturated heterocycles. The second-order valence-corrected chi connectivity index (χ2v) is 7.03.